The molecule has 0 saturated carbocycles. The third-order valence-corrected chi connectivity index (χ3v) is 7.82. The Morgan fingerprint density at radius 3 is 2.36 bits per heavy atom. The van der Waals surface area contributed by atoms with Crippen molar-refractivity contribution in [2.45, 2.75) is 17.6 Å². The van der Waals surface area contributed by atoms with Gasteiger partial charge in [-0.15, -0.1) is 0 Å². The predicted molar refractivity (Wildman–Crippen MR) is 109 cm³/mol. The smallest absolute Gasteiger partial charge is 0.263 e. The van der Waals surface area contributed by atoms with Crippen molar-refractivity contribution in [3.8, 4) is 0 Å². The number of para-hydroxylation sites is 1. The quantitative estimate of drug-likeness (QED) is 0.502. The Morgan fingerprint density at radius 1 is 1.14 bits per heavy atom. The van der Waals surface area contributed by atoms with Gasteiger partial charge in [0, 0.05) is 58.6 Å². The molecule has 156 valence electrons. The van der Waals surface area contributed by atoms with Crippen LogP contribution in [0.3, 0.4) is 0 Å². The van der Waals surface area contributed by atoms with Crippen LogP contribution < -0.4 is 10.4 Å². The molecular weight excluding hydrogens is 380 g/mol. The lowest BCUT2D eigenvalue weighted by atomic mass is 9.95. The van der Waals surface area contributed by atoms with Gasteiger partial charge in [-0.25, -0.2) is 14.0 Å². The lowest BCUT2D eigenvalue weighted by molar-refractivity contribution is -0.133. The number of hydrogen-bond acceptors (Lipinski definition) is 6. The van der Waals surface area contributed by atoms with Gasteiger partial charge < -0.3 is 14.5 Å². The summed E-state index contributed by atoms with van der Waals surface area (Å²) in [6.45, 7) is 5.49. The van der Waals surface area contributed by atoms with Crippen LogP contribution in [-0.2, 0) is 20.5 Å². The molecule has 8 nitrogen and oxygen atoms in total. The molecule has 0 aromatic heterocycles. The molecule has 2 N–H and O–H groups in total. The van der Waals surface area contributed by atoms with Crippen LogP contribution >= 0.6 is 0 Å². The normalized spacial score (nSPS) is 22.0. The van der Waals surface area contributed by atoms with Gasteiger partial charge in [-0.2, -0.15) is 0 Å². The van der Waals surface area contributed by atoms with E-state index >= 15 is 0 Å². The number of methoxy groups -OCH3 is 1. The molecule has 2 heterocycles. The third kappa shape index (κ3) is 4.55. The van der Waals surface area contributed by atoms with Crippen molar-refractivity contribution >= 4 is 22.6 Å². The van der Waals surface area contributed by atoms with E-state index in [1.54, 1.807) is 12.6 Å². The van der Waals surface area contributed by atoms with Crippen molar-refractivity contribution in [3.05, 3.63) is 30.3 Å². The highest BCUT2D eigenvalue weighted by Crippen LogP contribution is 2.32. The Bertz CT molecular complexity index is 659. The minimum Gasteiger partial charge on any atom is -0.383 e. The molecular formula is C19H30N4O4S. The second-order valence-corrected chi connectivity index (χ2v) is 9.07. The van der Waals surface area contributed by atoms with Crippen LogP contribution in [0.15, 0.2) is 30.3 Å². The van der Waals surface area contributed by atoms with Gasteiger partial charge in [0.25, 0.3) is 5.91 Å². The fraction of sp³-hybridized carbons (Fsp3) is 0.632. The van der Waals surface area contributed by atoms with E-state index in [-0.39, 0.29) is 0 Å². The standard InChI is InChI=1S/C19H30N4O4S/c1-27-16-15-21-9-7-19(8-10-21,18(24)20-25)28(26)23-13-11-22(12-14-23)17-5-3-2-4-6-17/h2-6,25H,7-16H2,1H3,(H,20,24). The highest BCUT2D eigenvalue weighted by atomic mass is 32.2. The largest absolute Gasteiger partial charge is 0.383 e. The van der Waals surface area contributed by atoms with E-state index in [2.05, 4.69) is 21.9 Å². The van der Waals surface area contributed by atoms with Gasteiger partial charge in [0.05, 0.1) is 6.61 Å². The summed E-state index contributed by atoms with van der Waals surface area (Å²) >= 11 is 0. The molecule has 2 saturated heterocycles. The van der Waals surface area contributed by atoms with Gasteiger partial charge in [0.2, 0.25) is 0 Å². The maximum atomic E-state index is 13.4. The number of anilines is 1. The second kappa shape index (κ2) is 9.80. The van der Waals surface area contributed by atoms with E-state index in [0.29, 0.717) is 45.6 Å². The molecule has 2 fully saturated rings. The van der Waals surface area contributed by atoms with Crippen molar-refractivity contribution in [3.63, 3.8) is 0 Å². The van der Waals surface area contributed by atoms with Crippen molar-refractivity contribution in [1.29, 1.82) is 0 Å². The van der Waals surface area contributed by atoms with Crippen LogP contribution in [0.5, 0.6) is 0 Å². The molecule has 2 aliphatic heterocycles. The van der Waals surface area contributed by atoms with Crippen LogP contribution in [0.1, 0.15) is 12.8 Å². The fourth-order valence-corrected chi connectivity index (χ4v) is 5.66. The zero-order chi connectivity index (χ0) is 20.0. The summed E-state index contributed by atoms with van der Waals surface area (Å²) in [5.74, 6) is -0.539. The lowest BCUT2D eigenvalue weighted by Crippen LogP contribution is -2.61. The Hall–Kier alpha value is -1.52. The SMILES string of the molecule is COCCN1CCC(C(=O)NO)(S(=O)N2CCN(c3ccccc3)CC2)CC1. The van der Waals surface area contributed by atoms with E-state index in [4.69, 9.17) is 4.74 Å². The number of ether oxygens (including phenoxy) is 1. The number of carbonyl (C=O) groups is 1. The van der Waals surface area contributed by atoms with Crippen molar-refractivity contribution < 1.29 is 18.9 Å². The number of benzene rings is 1. The minimum absolute atomic E-state index is 0.453. The third-order valence-electron chi connectivity index (χ3n) is 5.72. The Kier molecular flexibility index (Phi) is 7.42. The average molecular weight is 411 g/mol. The number of piperazine rings is 1. The number of nitrogens with zero attached hydrogens (tertiary/aromatic N) is 3. The van der Waals surface area contributed by atoms with Gasteiger partial charge in [0.1, 0.15) is 15.7 Å². The molecule has 2 aliphatic rings. The maximum absolute atomic E-state index is 13.4. The number of likely N-dealkylation sites (tertiary alicyclic amines) is 1. The van der Waals surface area contributed by atoms with Crippen LogP contribution in [0.2, 0.25) is 0 Å². The van der Waals surface area contributed by atoms with E-state index in [1.807, 2.05) is 22.5 Å². The summed E-state index contributed by atoms with van der Waals surface area (Å²) in [6, 6.07) is 10.2. The van der Waals surface area contributed by atoms with Crippen molar-refractivity contribution in [2.75, 3.05) is 64.4 Å². The number of rotatable bonds is 7. The van der Waals surface area contributed by atoms with Gasteiger partial charge in [-0.3, -0.25) is 10.0 Å². The minimum atomic E-state index is -1.50. The molecule has 1 unspecified atom stereocenters. The monoisotopic (exact) mass is 410 g/mol. The zero-order valence-electron chi connectivity index (χ0n) is 16.4. The summed E-state index contributed by atoms with van der Waals surface area (Å²) in [5.41, 5.74) is 2.93. The Labute approximate surface area is 169 Å². The fourth-order valence-electron chi connectivity index (χ4n) is 3.94. The molecule has 0 spiro atoms. The Balaban J connectivity index is 1.64. The molecule has 0 bridgehead atoms. The van der Waals surface area contributed by atoms with E-state index in [9.17, 15) is 14.2 Å². The van der Waals surface area contributed by atoms with Crippen LogP contribution in [0.25, 0.3) is 0 Å². The molecule has 3 rings (SSSR count). The molecule has 0 aliphatic carbocycles. The topological polar surface area (TPSA) is 85.3 Å². The molecule has 0 radical (unpaired) electrons. The van der Waals surface area contributed by atoms with Crippen LogP contribution in [0.4, 0.5) is 5.69 Å². The van der Waals surface area contributed by atoms with Gasteiger partial charge in [-0.1, -0.05) is 18.2 Å². The van der Waals surface area contributed by atoms with E-state index in [0.717, 1.165) is 25.3 Å². The summed E-state index contributed by atoms with van der Waals surface area (Å²) in [7, 11) is 0.168. The maximum Gasteiger partial charge on any atom is 0.263 e. The second-order valence-electron chi connectivity index (χ2n) is 7.27. The molecule has 9 heteroatoms. The number of nitrogens with one attached hydrogen (secondary N) is 1. The van der Waals surface area contributed by atoms with E-state index < -0.39 is 21.6 Å². The number of piperidine rings is 1. The van der Waals surface area contributed by atoms with Crippen LogP contribution in [-0.4, -0.2) is 88.8 Å². The molecule has 1 amide bonds. The number of hydrogen-bond donors (Lipinski definition) is 2. The summed E-state index contributed by atoms with van der Waals surface area (Å²) in [4.78, 5) is 17.0. The number of amides is 1. The summed E-state index contributed by atoms with van der Waals surface area (Å²) < 4.78 is 19.4. The van der Waals surface area contributed by atoms with Crippen LogP contribution in [0, 0.1) is 0 Å². The lowest BCUT2D eigenvalue weighted by Gasteiger charge is -2.43. The number of hydroxylamine groups is 1. The zero-order valence-corrected chi connectivity index (χ0v) is 17.2. The highest BCUT2D eigenvalue weighted by Gasteiger charge is 2.49. The molecule has 1 atom stereocenters. The Morgan fingerprint density at radius 2 is 1.79 bits per heavy atom. The molecule has 1 aromatic rings. The first-order valence-corrected chi connectivity index (χ1v) is 10.8. The predicted octanol–water partition coefficient (Wildman–Crippen LogP) is 0.459. The first-order valence-electron chi connectivity index (χ1n) is 9.73. The first kappa shape index (κ1) is 21.2. The first-order chi connectivity index (χ1) is 13.6. The summed E-state index contributed by atoms with van der Waals surface area (Å²) in [5, 5.41) is 9.30. The van der Waals surface area contributed by atoms with Gasteiger partial charge >= 0.3 is 0 Å². The molecule has 28 heavy (non-hydrogen) atoms. The van der Waals surface area contributed by atoms with Crippen molar-refractivity contribution in [1.82, 2.24) is 14.7 Å². The van der Waals surface area contributed by atoms with E-state index in [1.165, 1.54) is 0 Å². The van der Waals surface area contributed by atoms with Crippen molar-refractivity contribution in [2.24, 2.45) is 0 Å². The molecule has 1 aromatic carbocycles. The number of carbonyl (C=O) groups excluding carboxylic acids is 1. The highest BCUT2D eigenvalue weighted by molar-refractivity contribution is 7.85. The summed E-state index contributed by atoms with van der Waals surface area (Å²) in [6.07, 6.45) is 0.906. The average Bonchev–Trinajstić information content (AvgIpc) is 2.77. The van der Waals surface area contributed by atoms with Gasteiger partial charge in [-0.05, 0) is 25.0 Å². The van der Waals surface area contributed by atoms with Gasteiger partial charge in [0.15, 0.2) is 0 Å².